The first kappa shape index (κ1) is 17.6. The van der Waals surface area contributed by atoms with Crippen LogP contribution in [0.2, 0.25) is 0 Å². The Morgan fingerprint density at radius 2 is 1.72 bits per heavy atom. The smallest absolute Gasteiger partial charge is 0.261 e. The van der Waals surface area contributed by atoms with Crippen molar-refractivity contribution in [2.24, 2.45) is 0 Å². The lowest BCUT2D eigenvalue weighted by Crippen LogP contribution is -2.51. The van der Waals surface area contributed by atoms with Gasteiger partial charge in [0.1, 0.15) is 6.04 Å². The summed E-state index contributed by atoms with van der Waals surface area (Å²) < 4.78 is 25.9. The van der Waals surface area contributed by atoms with Gasteiger partial charge < -0.3 is 0 Å². The molecule has 1 aliphatic heterocycles. The van der Waals surface area contributed by atoms with Gasteiger partial charge >= 0.3 is 0 Å². The maximum atomic E-state index is 12.4. The average molecular weight is 360 g/mol. The minimum Gasteiger partial charge on any atom is -0.289 e. The third-order valence-corrected chi connectivity index (χ3v) is 6.30. The number of benzene rings is 2. The van der Waals surface area contributed by atoms with Crippen LogP contribution in [0.3, 0.4) is 0 Å². The zero-order chi connectivity index (χ0) is 17.9. The van der Waals surface area contributed by atoms with E-state index in [1.807, 2.05) is 54.6 Å². The minimum atomic E-state index is -3.53. The summed E-state index contributed by atoms with van der Waals surface area (Å²) >= 11 is 0. The van der Waals surface area contributed by atoms with Crippen molar-refractivity contribution < 1.29 is 18.4 Å². The Morgan fingerprint density at radius 1 is 1.08 bits per heavy atom. The van der Waals surface area contributed by atoms with Crippen molar-refractivity contribution in [3.05, 3.63) is 60.2 Å². The molecule has 1 aliphatic rings. The number of nitrogens with zero attached hydrogens (tertiary/aromatic N) is 1. The Kier molecular flexibility index (Phi) is 5.17. The predicted octanol–water partition coefficient (Wildman–Crippen LogP) is 2.15. The lowest BCUT2D eigenvalue weighted by molar-refractivity contribution is -0.133. The first-order chi connectivity index (χ1) is 12.0. The van der Waals surface area contributed by atoms with Gasteiger partial charge in [-0.3, -0.25) is 10.0 Å². The Labute approximate surface area is 147 Å². The molecular weight excluding hydrogens is 340 g/mol. The third-order valence-electron chi connectivity index (χ3n) is 4.40. The molecule has 1 fully saturated rings. The van der Waals surface area contributed by atoms with Gasteiger partial charge in [-0.05, 0) is 29.5 Å². The molecule has 1 heterocycles. The largest absolute Gasteiger partial charge is 0.289 e. The van der Waals surface area contributed by atoms with E-state index in [9.17, 15) is 13.2 Å². The van der Waals surface area contributed by atoms with Crippen LogP contribution >= 0.6 is 0 Å². The van der Waals surface area contributed by atoms with Crippen molar-refractivity contribution in [3.8, 4) is 11.1 Å². The Hall–Kier alpha value is -2.22. The fourth-order valence-electron chi connectivity index (χ4n) is 3.07. The van der Waals surface area contributed by atoms with E-state index < -0.39 is 22.0 Å². The van der Waals surface area contributed by atoms with E-state index in [4.69, 9.17) is 5.21 Å². The first-order valence-electron chi connectivity index (χ1n) is 8.09. The van der Waals surface area contributed by atoms with Crippen LogP contribution in [0.15, 0.2) is 54.6 Å². The van der Waals surface area contributed by atoms with Crippen molar-refractivity contribution in [3.63, 3.8) is 0 Å². The summed E-state index contributed by atoms with van der Waals surface area (Å²) in [5.41, 5.74) is 4.48. The highest BCUT2D eigenvalue weighted by atomic mass is 32.2. The molecule has 1 atom stereocenters. The monoisotopic (exact) mass is 360 g/mol. The average Bonchev–Trinajstić information content (AvgIpc) is 2.64. The van der Waals surface area contributed by atoms with E-state index in [1.54, 1.807) is 5.48 Å². The predicted molar refractivity (Wildman–Crippen MR) is 94.2 cm³/mol. The van der Waals surface area contributed by atoms with E-state index in [1.165, 1.54) is 4.31 Å². The summed E-state index contributed by atoms with van der Waals surface area (Å²) in [5, 5.41) is 8.88. The Morgan fingerprint density at radius 3 is 2.36 bits per heavy atom. The fourth-order valence-corrected chi connectivity index (χ4v) is 4.77. The number of hydrogen-bond donors (Lipinski definition) is 2. The Balaban J connectivity index is 1.83. The van der Waals surface area contributed by atoms with E-state index in [-0.39, 0.29) is 12.3 Å². The highest BCUT2D eigenvalue weighted by molar-refractivity contribution is 7.89. The van der Waals surface area contributed by atoms with Crippen LogP contribution in [0, 0.1) is 0 Å². The summed E-state index contributed by atoms with van der Waals surface area (Å²) in [6.45, 7) is 0.107. The summed E-state index contributed by atoms with van der Waals surface area (Å²) in [5.74, 6) is -0.672. The van der Waals surface area contributed by atoms with Gasteiger partial charge in [0.05, 0.1) is 5.75 Å². The van der Waals surface area contributed by atoms with Gasteiger partial charge in [0.15, 0.2) is 0 Å². The van der Waals surface area contributed by atoms with E-state index in [0.29, 0.717) is 12.8 Å². The first-order valence-corrected chi connectivity index (χ1v) is 9.70. The summed E-state index contributed by atoms with van der Waals surface area (Å²) in [4.78, 5) is 11.8. The van der Waals surface area contributed by atoms with Crippen molar-refractivity contribution in [1.82, 2.24) is 9.79 Å². The molecule has 0 saturated carbocycles. The van der Waals surface area contributed by atoms with E-state index in [2.05, 4.69) is 0 Å². The molecule has 7 heteroatoms. The molecule has 0 unspecified atom stereocenters. The molecule has 1 saturated heterocycles. The number of hydrogen-bond acceptors (Lipinski definition) is 4. The summed E-state index contributed by atoms with van der Waals surface area (Å²) in [6.07, 6.45) is 0.803. The lowest BCUT2D eigenvalue weighted by Gasteiger charge is -2.33. The molecule has 0 aliphatic carbocycles. The van der Waals surface area contributed by atoms with Gasteiger partial charge in [0.2, 0.25) is 10.0 Å². The normalized spacial score (nSPS) is 20.1. The maximum Gasteiger partial charge on any atom is 0.261 e. The van der Waals surface area contributed by atoms with Gasteiger partial charge in [0.25, 0.3) is 5.91 Å². The van der Waals surface area contributed by atoms with Crippen LogP contribution in [0.1, 0.15) is 18.4 Å². The molecule has 132 valence electrons. The molecule has 0 bridgehead atoms. The number of rotatable bonds is 4. The lowest BCUT2D eigenvalue weighted by atomic mass is 10.0. The molecule has 0 aromatic heterocycles. The van der Waals surface area contributed by atoms with E-state index in [0.717, 1.165) is 16.7 Å². The Bertz CT molecular complexity index is 835. The zero-order valence-corrected chi connectivity index (χ0v) is 14.4. The fraction of sp³-hybridized carbons (Fsp3) is 0.278. The van der Waals surface area contributed by atoms with Crippen LogP contribution in [0.4, 0.5) is 0 Å². The highest BCUT2D eigenvalue weighted by Crippen LogP contribution is 2.25. The van der Waals surface area contributed by atoms with Gasteiger partial charge in [-0.1, -0.05) is 54.6 Å². The highest BCUT2D eigenvalue weighted by Gasteiger charge is 2.38. The number of hydroxylamine groups is 1. The second kappa shape index (κ2) is 7.35. The van der Waals surface area contributed by atoms with Gasteiger partial charge in [-0.2, -0.15) is 4.31 Å². The number of nitrogens with one attached hydrogen (secondary N) is 1. The number of amides is 1. The molecule has 2 aromatic rings. The van der Waals surface area contributed by atoms with Crippen LogP contribution < -0.4 is 5.48 Å². The molecule has 0 spiro atoms. The van der Waals surface area contributed by atoms with Crippen molar-refractivity contribution in [2.75, 3.05) is 5.75 Å². The number of carbonyl (C=O) groups is 1. The second-order valence-electron chi connectivity index (χ2n) is 6.06. The molecular formula is C18H20N2O4S. The van der Waals surface area contributed by atoms with Gasteiger partial charge in [-0.15, -0.1) is 0 Å². The zero-order valence-electron chi connectivity index (χ0n) is 13.6. The molecule has 2 aromatic carbocycles. The quantitative estimate of drug-likeness (QED) is 0.646. The minimum absolute atomic E-state index is 0.0182. The van der Waals surface area contributed by atoms with Crippen molar-refractivity contribution in [1.29, 1.82) is 0 Å². The molecule has 1 amide bonds. The maximum absolute atomic E-state index is 12.4. The van der Waals surface area contributed by atoms with Gasteiger partial charge in [0, 0.05) is 6.54 Å². The van der Waals surface area contributed by atoms with Crippen molar-refractivity contribution in [2.45, 2.75) is 25.4 Å². The van der Waals surface area contributed by atoms with Crippen LogP contribution in [-0.2, 0) is 21.4 Å². The molecule has 6 nitrogen and oxygen atoms in total. The van der Waals surface area contributed by atoms with Crippen molar-refractivity contribution >= 4 is 15.9 Å². The van der Waals surface area contributed by atoms with Crippen LogP contribution in [-0.4, -0.2) is 35.6 Å². The standard InChI is InChI=1S/C18H20N2O4S/c21-18(19-22)17-7-4-12-25(23,24)20(17)13-14-8-10-16(11-9-14)15-5-2-1-3-6-15/h1-3,5-6,8-11,17,22H,4,7,12-13H2,(H,19,21)/t17-/m0/s1. The summed E-state index contributed by atoms with van der Waals surface area (Å²) in [6, 6.07) is 16.6. The molecule has 2 N–H and O–H groups in total. The second-order valence-corrected chi connectivity index (χ2v) is 8.10. The number of carbonyl (C=O) groups excluding carboxylic acids is 1. The molecule has 25 heavy (non-hydrogen) atoms. The number of sulfonamides is 1. The molecule has 0 radical (unpaired) electrons. The van der Waals surface area contributed by atoms with Crippen LogP contribution in [0.5, 0.6) is 0 Å². The van der Waals surface area contributed by atoms with E-state index >= 15 is 0 Å². The summed E-state index contributed by atoms with van der Waals surface area (Å²) in [7, 11) is -3.53. The molecule has 3 rings (SSSR count). The topological polar surface area (TPSA) is 86.7 Å². The third kappa shape index (κ3) is 3.89. The SMILES string of the molecule is O=C(NO)[C@@H]1CCCS(=O)(=O)N1Cc1ccc(-c2ccccc2)cc1. The van der Waals surface area contributed by atoms with Crippen LogP contribution in [0.25, 0.3) is 11.1 Å². The van der Waals surface area contributed by atoms with Gasteiger partial charge in [-0.25, -0.2) is 13.9 Å².